The Morgan fingerprint density at radius 3 is 2.76 bits per heavy atom. The van der Waals surface area contributed by atoms with Gasteiger partial charge in [-0.15, -0.1) is 11.8 Å². The van der Waals surface area contributed by atoms with Crippen LogP contribution in [-0.4, -0.2) is 62.2 Å². The molecule has 178 valence electrons. The molecule has 1 aromatic rings. The smallest absolute Gasteiger partial charge is 0.355 e. The quantitative estimate of drug-likeness (QED) is 0.0935. The van der Waals surface area contributed by atoms with E-state index in [1.54, 1.807) is 11.5 Å². The molecule has 1 saturated heterocycles. The lowest BCUT2D eigenvalue weighted by molar-refractivity contribution is -0.384. The Labute approximate surface area is 201 Å². The van der Waals surface area contributed by atoms with Crippen LogP contribution in [0.3, 0.4) is 0 Å². The van der Waals surface area contributed by atoms with Crippen LogP contribution in [0.5, 0.6) is 0 Å². The fraction of sp³-hybridized carbons (Fsp3) is 0.300. The summed E-state index contributed by atoms with van der Waals surface area (Å²) in [6.45, 7) is 0.486. The number of rotatable bonds is 7. The van der Waals surface area contributed by atoms with E-state index in [1.807, 2.05) is 0 Å². The van der Waals surface area contributed by atoms with Gasteiger partial charge in [-0.25, -0.2) is 4.79 Å². The number of nitro groups is 1. The van der Waals surface area contributed by atoms with Gasteiger partial charge < -0.3 is 15.3 Å². The van der Waals surface area contributed by atoms with Crippen molar-refractivity contribution in [2.45, 2.75) is 24.4 Å². The lowest BCUT2D eigenvalue weighted by atomic mass is 10.0. The number of nitrogens with one attached hydrogen (secondary N) is 2. The van der Waals surface area contributed by atoms with E-state index in [0.717, 1.165) is 0 Å². The Hall–Kier alpha value is -3.36. The zero-order chi connectivity index (χ0) is 24.2. The van der Waals surface area contributed by atoms with Crippen molar-refractivity contribution in [3.05, 3.63) is 62.7 Å². The summed E-state index contributed by atoms with van der Waals surface area (Å²) < 4.78 is 8.30. The first-order chi connectivity index (χ1) is 16.4. The number of ether oxygens (including phenoxy) is 1. The number of hydrogen-bond acceptors (Lipinski definition) is 11. The molecule has 0 spiro atoms. The molecule has 0 radical (unpaired) electrons. The second-order valence-corrected chi connectivity index (χ2v) is 9.24. The number of fused-ring (bicyclic) bond motifs is 1. The average Bonchev–Trinajstić information content (AvgIpc) is 2.86. The predicted octanol–water partition coefficient (Wildman–Crippen LogP) is 1.28. The minimum atomic E-state index is -0.879. The first-order valence-electron chi connectivity index (χ1n) is 10.1. The van der Waals surface area contributed by atoms with E-state index >= 15 is 0 Å². The number of thioether (sulfide) groups is 1. The molecule has 3 N–H and O–H groups in total. The number of β-lactam (4-membered cyclic amide) rings is 1. The molecule has 0 aliphatic carbocycles. The molecule has 12 nitrogen and oxygen atoms in total. The summed E-state index contributed by atoms with van der Waals surface area (Å²) in [4.78, 5) is 49.5. The minimum absolute atomic E-state index is 0.0752. The van der Waals surface area contributed by atoms with Crippen LogP contribution in [0.25, 0.3) is 0 Å². The van der Waals surface area contributed by atoms with E-state index in [1.165, 1.54) is 52.9 Å². The predicted molar refractivity (Wildman–Crippen MR) is 124 cm³/mol. The number of non-ortho nitro benzene ring substituents is 1. The molecule has 14 heteroatoms. The van der Waals surface area contributed by atoms with Crippen LogP contribution in [-0.2, 0) is 25.7 Å². The van der Waals surface area contributed by atoms with Crippen molar-refractivity contribution in [2.75, 3.05) is 12.3 Å². The summed E-state index contributed by atoms with van der Waals surface area (Å²) in [6.07, 6.45) is 2.07. The van der Waals surface area contributed by atoms with E-state index in [0.29, 0.717) is 29.9 Å². The van der Waals surface area contributed by atoms with E-state index in [2.05, 4.69) is 15.2 Å². The number of carbonyl (C=O) groups is 3. The second-order valence-electron chi connectivity index (χ2n) is 7.33. The van der Waals surface area contributed by atoms with Crippen LogP contribution in [0.2, 0.25) is 0 Å². The van der Waals surface area contributed by atoms with Gasteiger partial charge in [-0.3, -0.25) is 29.3 Å². The molecule has 1 aromatic carbocycles. The molecular formula is C20H19N5O7S2. The number of oxime groups is 1. The fourth-order valence-electron chi connectivity index (χ4n) is 3.52. The van der Waals surface area contributed by atoms with Crippen LogP contribution in [0, 0.1) is 10.1 Å². The fourth-order valence-corrected chi connectivity index (χ4v) is 5.39. The van der Waals surface area contributed by atoms with Crippen molar-refractivity contribution < 1.29 is 29.3 Å². The molecule has 4 rings (SSSR count). The zero-order valence-corrected chi connectivity index (χ0v) is 19.1. The van der Waals surface area contributed by atoms with Crippen LogP contribution >= 0.6 is 23.7 Å². The van der Waals surface area contributed by atoms with E-state index in [4.69, 9.17) is 4.74 Å². The Kier molecular flexibility index (Phi) is 7.19. The van der Waals surface area contributed by atoms with Gasteiger partial charge in [0.25, 0.3) is 17.5 Å². The molecule has 3 heterocycles. The highest BCUT2D eigenvalue weighted by Crippen LogP contribution is 2.38. The Morgan fingerprint density at radius 2 is 2.12 bits per heavy atom. The molecule has 0 aromatic heterocycles. The van der Waals surface area contributed by atoms with Gasteiger partial charge in [0, 0.05) is 24.4 Å². The summed E-state index contributed by atoms with van der Waals surface area (Å²) in [5.74, 6) is -1.44. The van der Waals surface area contributed by atoms with Gasteiger partial charge in [-0.2, -0.15) is 0 Å². The monoisotopic (exact) mass is 505 g/mol. The molecule has 3 aliphatic heterocycles. The lowest BCUT2D eigenvalue weighted by Crippen LogP contribution is -2.70. The van der Waals surface area contributed by atoms with Gasteiger partial charge >= 0.3 is 5.97 Å². The molecule has 0 bridgehead atoms. The number of hydrogen-bond donors (Lipinski definition) is 3. The highest BCUT2D eigenvalue weighted by Gasteiger charge is 2.53. The first kappa shape index (κ1) is 23.8. The van der Waals surface area contributed by atoms with E-state index in [9.17, 15) is 29.7 Å². The van der Waals surface area contributed by atoms with Crippen molar-refractivity contribution >= 4 is 52.9 Å². The van der Waals surface area contributed by atoms with E-state index in [-0.39, 0.29) is 23.7 Å². The third kappa shape index (κ3) is 4.78. The van der Waals surface area contributed by atoms with Crippen LogP contribution in [0.1, 0.15) is 12.0 Å². The number of amides is 2. The largest absolute Gasteiger partial charge is 0.456 e. The number of nitrogens with zero attached hydrogens (tertiary/aromatic N) is 3. The van der Waals surface area contributed by atoms with Crippen molar-refractivity contribution in [2.24, 2.45) is 5.16 Å². The van der Waals surface area contributed by atoms with Gasteiger partial charge in [0.15, 0.2) is 5.71 Å². The van der Waals surface area contributed by atoms with Crippen LogP contribution in [0.15, 0.2) is 52.2 Å². The molecule has 34 heavy (non-hydrogen) atoms. The van der Waals surface area contributed by atoms with Crippen molar-refractivity contribution in [3.8, 4) is 0 Å². The van der Waals surface area contributed by atoms with Gasteiger partial charge in [0.05, 0.1) is 4.92 Å². The van der Waals surface area contributed by atoms with E-state index < -0.39 is 34.1 Å². The molecule has 1 fully saturated rings. The van der Waals surface area contributed by atoms with Gasteiger partial charge in [0.1, 0.15) is 23.7 Å². The minimum Gasteiger partial charge on any atom is -0.456 e. The summed E-state index contributed by atoms with van der Waals surface area (Å²) in [6, 6.07) is 4.71. The summed E-state index contributed by atoms with van der Waals surface area (Å²) >= 11 is 2.65. The topological polar surface area (TPSA) is 163 Å². The van der Waals surface area contributed by atoms with Gasteiger partial charge in [-0.1, -0.05) is 17.1 Å². The Morgan fingerprint density at radius 1 is 1.35 bits per heavy atom. The maximum atomic E-state index is 12.8. The Balaban J connectivity index is 1.36. The Bertz CT molecular complexity index is 1120. The zero-order valence-electron chi connectivity index (χ0n) is 17.5. The number of benzene rings is 1. The summed E-state index contributed by atoms with van der Waals surface area (Å²) in [5, 5.41) is 26.9. The summed E-state index contributed by atoms with van der Waals surface area (Å²) in [7, 11) is 0. The van der Waals surface area contributed by atoms with Crippen molar-refractivity contribution in [3.63, 3.8) is 0 Å². The average molecular weight is 506 g/mol. The molecule has 2 atom stereocenters. The molecule has 2 amide bonds. The maximum absolute atomic E-state index is 12.8. The third-order valence-corrected chi connectivity index (χ3v) is 7.22. The second kappa shape index (κ2) is 10.3. The maximum Gasteiger partial charge on any atom is 0.355 e. The first-order valence-corrected chi connectivity index (χ1v) is 12.0. The van der Waals surface area contributed by atoms with Crippen LogP contribution in [0.4, 0.5) is 5.69 Å². The number of nitro benzene ring substituents is 1. The number of carbonyl (C=O) groups excluding carboxylic acids is 3. The van der Waals surface area contributed by atoms with Gasteiger partial charge in [0.2, 0.25) is 0 Å². The molecule has 0 saturated carbocycles. The molecule has 1 unspecified atom stereocenters. The highest BCUT2D eigenvalue weighted by atomic mass is 32.2. The van der Waals surface area contributed by atoms with Crippen LogP contribution < -0.4 is 10.0 Å². The SMILES string of the molecule is O=C(NC1C(=O)N2C(C(=O)OCc3ccc([N+](=O)[O-])cc3)=CCS[C@H]12)C(=NO)C1=CSNCC1. The molecule has 3 aliphatic rings. The van der Waals surface area contributed by atoms with Crippen molar-refractivity contribution in [1.29, 1.82) is 0 Å². The normalized spacial score (nSPS) is 22.1. The standard InChI is InChI=1S/C20H19N5O7S2/c26-17(15(23-29)12-5-7-21-34-10-12)22-16-18(27)24-14(6-8-33-19(16)24)20(28)32-9-11-1-3-13(4-2-11)25(30)31/h1-4,6,10,16,19,21,29H,5,7-9H2,(H,22,26)/t16?,19-/m1/s1. The molecular weight excluding hydrogens is 486 g/mol. The van der Waals surface area contributed by atoms with Gasteiger partial charge in [-0.05, 0) is 41.2 Å². The van der Waals surface area contributed by atoms with Crippen molar-refractivity contribution in [1.82, 2.24) is 14.9 Å². The third-order valence-electron chi connectivity index (χ3n) is 5.26. The summed E-state index contributed by atoms with van der Waals surface area (Å²) in [5.41, 5.74) is 0.962. The number of esters is 1. The highest BCUT2D eigenvalue weighted by molar-refractivity contribution is 8.00. The lowest BCUT2D eigenvalue weighted by Gasteiger charge is -2.48.